The third-order valence-electron chi connectivity index (χ3n) is 4.03. The number of hydrogen-bond donors (Lipinski definition) is 2. The van der Waals surface area contributed by atoms with E-state index < -0.39 is 5.97 Å². The number of nitrogens with zero attached hydrogens (tertiary/aromatic N) is 1. The molecule has 5 heteroatoms. The van der Waals surface area contributed by atoms with Crippen molar-refractivity contribution in [1.82, 2.24) is 10.2 Å². The van der Waals surface area contributed by atoms with E-state index in [0.717, 1.165) is 12.5 Å². The van der Waals surface area contributed by atoms with Crippen LogP contribution in [0.25, 0.3) is 0 Å². The van der Waals surface area contributed by atoms with Crippen molar-refractivity contribution < 1.29 is 14.3 Å². The molecule has 1 saturated heterocycles. The van der Waals surface area contributed by atoms with Crippen molar-refractivity contribution in [2.75, 3.05) is 26.7 Å². The molecule has 0 radical (unpaired) electrons. The number of piperidine rings is 1. The fourth-order valence-corrected chi connectivity index (χ4v) is 2.72. The minimum Gasteiger partial charge on any atom is -0.475 e. The zero-order valence-corrected chi connectivity index (χ0v) is 12.3. The Balaban J connectivity index is 1.68. The number of carbonyl (C=O) groups is 1. The molecule has 2 rings (SSSR count). The van der Waals surface area contributed by atoms with Gasteiger partial charge in [0.1, 0.15) is 5.76 Å². The molecule has 0 amide bonds. The van der Waals surface area contributed by atoms with Gasteiger partial charge in [0.25, 0.3) is 0 Å². The Morgan fingerprint density at radius 3 is 2.80 bits per heavy atom. The largest absolute Gasteiger partial charge is 0.475 e. The molecule has 2 N–H and O–H groups in total. The van der Waals surface area contributed by atoms with Gasteiger partial charge in [-0.15, -0.1) is 0 Å². The number of hydrogen-bond acceptors (Lipinski definition) is 4. The Hall–Kier alpha value is -1.33. The number of carboxylic acid groups (broad SMARTS) is 1. The number of carboxylic acids is 1. The summed E-state index contributed by atoms with van der Waals surface area (Å²) in [7, 11) is 2.17. The van der Waals surface area contributed by atoms with Crippen LogP contribution < -0.4 is 5.32 Å². The van der Waals surface area contributed by atoms with E-state index in [2.05, 4.69) is 17.3 Å². The van der Waals surface area contributed by atoms with Crippen molar-refractivity contribution in [1.29, 1.82) is 0 Å². The van der Waals surface area contributed by atoms with Gasteiger partial charge < -0.3 is 19.7 Å². The molecule has 0 atom stereocenters. The highest BCUT2D eigenvalue weighted by atomic mass is 16.4. The number of furan rings is 1. The molecule has 112 valence electrons. The van der Waals surface area contributed by atoms with Gasteiger partial charge in [-0.05, 0) is 64.9 Å². The first kappa shape index (κ1) is 15.1. The molecule has 0 aromatic carbocycles. The first-order valence-corrected chi connectivity index (χ1v) is 7.28. The lowest BCUT2D eigenvalue weighted by Gasteiger charge is -2.28. The third-order valence-corrected chi connectivity index (χ3v) is 4.03. The molecule has 0 saturated carbocycles. The molecule has 1 aromatic rings. The number of rotatable bonds is 6. The van der Waals surface area contributed by atoms with Crippen molar-refractivity contribution >= 4 is 5.97 Å². The standard InChI is InChI=1S/C15H24N2O3/c1-11-9-13(20-14(11)15(18)19)10-16-6-3-12-4-7-17(2)8-5-12/h9,12,16H,3-8,10H2,1-2H3,(H,18,19). The van der Waals surface area contributed by atoms with Gasteiger partial charge in [0.15, 0.2) is 0 Å². The first-order valence-electron chi connectivity index (χ1n) is 7.28. The lowest BCUT2D eigenvalue weighted by atomic mass is 9.94. The molecule has 1 aliphatic heterocycles. The summed E-state index contributed by atoms with van der Waals surface area (Å²) >= 11 is 0. The third kappa shape index (κ3) is 4.08. The molecule has 20 heavy (non-hydrogen) atoms. The van der Waals surface area contributed by atoms with Gasteiger partial charge in [0.05, 0.1) is 6.54 Å². The van der Waals surface area contributed by atoms with Crippen molar-refractivity contribution in [3.63, 3.8) is 0 Å². The van der Waals surface area contributed by atoms with Crippen LogP contribution in [0.15, 0.2) is 10.5 Å². The maximum atomic E-state index is 10.9. The maximum absolute atomic E-state index is 10.9. The lowest BCUT2D eigenvalue weighted by molar-refractivity contribution is 0.0659. The number of nitrogens with one attached hydrogen (secondary N) is 1. The quantitative estimate of drug-likeness (QED) is 0.781. The van der Waals surface area contributed by atoms with Crippen LogP contribution in [-0.4, -0.2) is 42.7 Å². The van der Waals surface area contributed by atoms with Gasteiger partial charge in [0, 0.05) is 5.56 Å². The van der Waals surface area contributed by atoms with E-state index in [4.69, 9.17) is 9.52 Å². The zero-order chi connectivity index (χ0) is 14.5. The fraction of sp³-hybridized carbons (Fsp3) is 0.667. The summed E-state index contributed by atoms with van der Waals surface area (Å²) in [6.45, 7) is 5.71. The second kappa shape index (κ2) is 6.90. The Kier molecular flexibility index (Phi) is 5.20. The number of likely N-dealkylation sites (tertiary alicyclic amines) is 1. The van der Waals surface area contributed by atoms with Crippen LogP contribution in [0, 0.1) is 12.8 Å². The van der Waals surface area contributed by atoms with Crippen LogP contribution in [0.5, 0.6) is 0 Å². The first-order chi connectivity index (χ1) is 9.56. The topological polar surface area (TPSA) is 65.7 Å². The van der Waals surface area contributed by atoms with Gasteiger partial charge in [-0.25, -0.2) is 4.79 Å². The van der Waals surface area contributed by atoms with E-state index >= 15 is 0 Å². The summed E-state index contributed by atoms with van der Waals surface area (Å²) in [6.07, 6.45) is 3.74. The smallest absolute Gasteiger partial charge is 0.372 e. The minimum atomic E-state index is -1.000. The predicted molar refractivity (Wildman–Crippen MR) is 76.9 cm³/mol. The summed E-state index contributed by atoms with van der Waals surface area (Å²) in [5.41, 5.74) is 0.685. The van der Waals surface area contributed by atoms with Gasteiger partial charge in [-0.3, -0.25) is 0 Å². The van der Waals surface area contributed by atoms with Crippen molar-refractivity contribution in [2.45, 2.75) is 32.7 Å². The highest BCUT2D eigenvalue weighted by molar-refractivity contribution is 5.86. The average Bonchev–Trinajstić information content (AvgIpc) is 2.78. The van der Waals surface area contributed by atoms with Gasteiger partial charge in [-0.2, -0.15) is 0 Å². The second-order valence-corrected chi connectivity index (χ2v) is 5.74. The minimum absolute atomic E-state index is 0.0529. The lowest BCUT2D eigenvalue weighted by Crippen LogP contribution is -2.31. The number of aromatic carboxylic acids is 1. The molecule has 1 fully saturated rings. The zero-order valence-electron chi connectivity index (χ0n) is 12.3. The van der Waals surface area contributed by atoms with E-state index in [1.165, 1.54) is 32.4 Å². The molecular weight excluding hydrogens is 256 g/mol. The van der Waals surface area contributed by atoms with Crippen molar-refractivity contribution in [3.05, 3.63) is 23.2 Å². The van der Waals surface area contributed by atoms with Crippen LogP contribution >= 0.6 is 0 Å². The molecule has 0 unspecified atom stereocenters. The molecule has 0 bridgehead atoms. The van der Waals surface area contributed by atoms with Gasteiger partial charge in [-0.1, -0.05) is 0 Å². The van der Waals surface area contributed by atoms with Crippen molar-refractivity contribution in [3.8, 4) is 0 Å². The van der Waals surface area contributed by atoms with Crippen LogP contribution in [0.2, 0.25) is 0 Å². The highest BCUT2D eigenvalue weighted by Gasteiger charge is 2.16. The maximum Gasteiger partial charge on any atom is 0.372 e. The monoisotopic (exact) mass is 280 g/mol. The Morgan fingerprint density at radius 1 is 1.50 bits per heavy atom. The van der Waals surface area contributed by atoms with Crippen LogP contribution in [0.4, 0.5) is 0 Å². The SMILES string of the molecule is Cc1cc(CNCCC2CCN(C)CC2)oc1C(=O)O. The highest BCUT2D eigenvalue weighted by Crippen LogP contribution is 2.19. The molecule has 5 nitrogen and oxygen atoms in total. The van der Waals surface area contributed by atoms with Crippen molar-refractivity contribution in [2.24, 2.45) is 5.92 Å². The molecule has 1 aromatic heterocycles. The van der Waals surface area contributed by atoms with E-state index in [0.29, 0.717) is 17.9 Å². The van der Waals surface area contributed by atoms with E-state index in [1.54, 1.807) is 13.0 Å². The second-order valence-electron chi connectivity index (χ2n) is 5.74. The van der Waals surface area contributed by atoms with Crippen LogP contribution in [-0.2, 0) is 6.54 Å². The summed E-state index contributed by atoms with van der Waals surface area (Å²) < 4.78 is 5.31. The van der Waals surface area contributed by atoms with E-state index in [-0.39, 0.29) is 5.76 Å². The molecular formula is C15H24N2O3. The van der Waals surface area contributed by atoms with Crippen LogP contribution in [0.3, 0.4) is 0 Å². The predicted octanol–water partition coefficient (Wildman–Crippen LogP) is 2.11. The molecule has 0 spiro atoms. The molecule has 1 aliphatic rings. The average molecular weight is 280 g/mol. The van der Waals surface area contributed by atoms with E-state index in [9.17, 15) is 4.79 Å². The normalized spacial score (nSPS) is 17.5. The van der Waals surface area contributed by atoms with Gasteiger partial charge in [0.2, 0.25) is 5.76 Å². The van der Waals surface area contributed by atoms with E-state index in [1.807, 2.05) is 0 Å². The summed E-state index contributed by atoms with van der Waals surface area (Å²) in [5.74, 6) is 0.562. The Bertz CT molecular complexity index is 448. The Morgan fingerprint density at radius 2 is 2.20 bits per heavy atom. The van der Waals surface area contributed by atoms with Gasteiger partial charge >= 0.3 is 5.97 Å². The van der Waals surface area contributed by atoms with Crippen LogP contribution in [0.1, 0.15) is 41.1 Å². The Labute approximate surface area is 119 Å². The summed E-state index contributed by atoms with van der Waals surface area (Å²) in [4.78, 5) is 13.3. The number of aryl methyl sites for hydroxylation is 1. The molecule has 2 heterocycles. The summed E-state index contributed by atoms with van der Waals surface area (Å²) in [6, 6.07) is 1.80. The molecule has 0 aliphatic carbocycles. The fourth-order valence-electron chi connectivity index (χ4n) is 2.72. The summed E-state index contributed by atoms with van der Waals surface area (Å²) in [5, 5.41) is 12.3.